The molecule has 0 spiro atoms. The maximum absolute atomic E-state index is 12.4. The topological polar surface area (TPSA) is 70.1 Å². The van der Waals surface area contributed by atoms with Crippen molar-refractivity contribution in [2.75, 3.05) is 18.8 Å². The van der Waals surface area contributed by atoms with Gasteiger partial charge in [-0.25, -0.2) is 0 Å². The van der Waals surface area contributed by atoms with Gasteiger partial charge in [0.25, 0.3) is 0 Å². The molecular weight excluding hydrogens is 262 g/mol. The van der Waals surface area contributed by atoms with Crippen molar-refractivity contribution in [1.82, 2.24) is 4.90 Å². The summed E-state index contributed by atoms with van der Waals surface area (Å²) in [6.45, 7) is 7.42. The number of nitrogen functional groups attached to an aromatic ring is 1. The molecule has 1 atom stereocenters. The molecule has 2 N–H and O–H groups in total. The third-order valence-corrected chi connectivity index (χ3v) is 3.42. The number of carbonyl (C=O) groups is 1. The standard InChI is InChI=1S/C17H25N3O/c1-13(2)12-20(10-4-9-18)17(21)11-14(3)15-5-7-16(19)8-6-15/h5-8,13-14H,4,10-12,19H2,1-3H3. The fourth-order valence-electron chi connectivity index (χ4n) is 2.28. The first-order valence-corrected chi connectivity index (χ1v) is 7.44. The van der Waals surface area contributed by atoms with Gasteiger partial charge in [-0.05, 0) is 29.5 Å². The van der Waals surface area contributed by atoms with E-state index >= 15 is 0 Å². The van der Waals surface area contributed by atoms with Crippen molar-refractivity contribution in [1.29, 1.82) is 5.26 Å². The average Bonchev–Trinajstić information content (AvgIpc) is 2.43. The van der Waals surface area contributed by atoms with Crippen molar-refractivity contribution >= 4 is 11.6 Å². The predicted molar refractivity (Wildman–Crippen MR) is 85.5 cm³/mol. The molecule has 0 aliphatic rings. The normalized spacial score (nSPS) is 12.0. The van der Waals surface area contributed by atoms with E-state index in [0.717, 1.165) is 11.3 Å². The van der Waals surface area contributed by atoms with E-state index in [4.69, 9.17) is 11.0 Å². The molecule has 0 aromatic heterocycles. The summed E-state index contributed by atoms with van der Waals surface area (Å²) in [7, 11) is 0. The highest BCUT2D eigenvalue weighted by molar-refractivity contribution is 5.77. The molecule has 1 unspecified atom stereocenters. The van der Waals surface area contributed by atoms with Gasteiger partial charge >= 0.3 is 0 Å². The van der Waals surface area contributed by atoms with Crippen LogP contribution in [0.15, 0.2) is 24.3 Å². The molecule has 0 fully saturated rings. The molecule has 0 saturated carbocycles. The van der Waals surface area contributed by atoms with E-state index in [1.807, 2.05) is 36.1 Å². The van der Waals surface area contributed by atoms with Crippen molar-refractivity contribution < 1.29 is 4.79 Å². The minimum Gasteiger partial charge on any atom is -0.399 e. The van der Waals surface area contributed by atoms with Crippen LogP contribution in [-0.4, -0.2) is 23.9 Å². The van der Waals surface area contributed by atoms with Gasteiger partial charge in [0.1, 0.15) is 0 Å². The summed E-state index contributed by atoms with van der Waals surface area (Å²) in [6.07, 6.45) is 0.844. The van der Waals surface area contributed by atoms with E-state index < -0.39 is 0 Å². The zero-order valence-electron chi connectivity index (χ0n) is 13.2. The molecule has 1 aromatic carbocycles. The number of hydrogen-bond acceptors (Lipinski definition) is 3. The molecule has 1 aromatic rings. The Kier molecular flexibility index (Phi) is 6.74. The van der Waals surface area contributed by atoms with Crippen LogP contribution in [0.1, 0.15) is 45.1 Å². The van der Waals surface area contributed by atoms with Gasteiger partial charge in [-0.3, -0.25) is 4.79 Å². The minimum atomic E-state index is 0.114. The first kappa shape index (κ1) is 17.0. The van der Waals surface area contributed by atoms with Gasteiger partial charge in [0.15, 0.2) is 0 Å². The fraction of sp³-hybridized carbons (Fsp3) is 0.529. The van der Waals surface area contributed by atoms with E-state index in [0.29, 0.717) is 31.8 Å². The molecular formula is C17H25N3O. The summed E-state index contributed by atoms with van der Waals surface area (Å²) in [5.74, 6) is 0.664. The van der Waals surface area contributed by atoms with Crippen molar-refractivity contribution in [3.05, 3.63) is 29.8 Å². The Morgan fingerprint density at radius 3 is 2.43 bits per heavy atom. The summed E-state index contributed by atoms with van der Waals surface area (Å²) >= 11 is 0. The number of nitrogens with two attached hydrogens (primary N) is 1. The van der Waals surface area contributed by atoms with Crippen LogP contribution in [0.4, 0.5) is 5.69 Å². The summed E-state index contributed by atoms with van der Waals surface area (Å²) in [4.78, 5) is 14.2. The monoisotopic (exact) mass is 287 g/mol. The van der Waals surface area contributed by atoms with Crippen molar-refractivity contribution in [2.24, 2.45) is 5.92 Å². The Balaban J connectivity index is 2.66. The van der Waals surface area contributed by atoms with Gasteiger partial charge in [0.05, 0.1) is 12.5 Å². The first-order chi connectivity index (χ1) is 9.93. The van der Waals surface area contributed by atoms with Crippen LogP contribution >= 0.6 is 0 Å². The second-order valence-corrected chi connectivity index (χ2v) is 5.91. The molecule has 0 saturated heterocycles. The van der Waals surface area contributed by atoms with Crippen LogP contribution in [0.3, 0.4) is 0 Å². The van der Waals surface area contributed by atoms with Crippen molar-refractivity contribution in [3.63, 3.8) is 0 Å². The van der Waals surface area contributed by atoms with Crippen molar-refractivity contribution in [3.8, 4) is 6.07 Å². The third kappa shape index (κ3) is 5.86. The molecule has 21 heavy (non-hydrogen) atoms. The molecule has 4 nitrogen and oxygen atoms in total. The number of anilines is 1. The van der Waals surface area contributed by atoms with E-state index in [1.54, 1.807) is 0 Å². The lowest BCUT2D eigenvalue weighted by atomic mass is 9.96. The Labute approximate surface area is 127 Å². The number of rotatable bonds is 7. The average molecular weight is 287 g/mol. The van der Waals surface area contributed by atoms with Crippen LogP contribution < -0.4 is 5.73 Å². The lowest BCUT2D eigenvalue weighted by Crippen LogP contribution is -2.35. The summed E-state index contributed by atoms with van der Waals surface area (Å²) in [6, 6.07) is 9.76. The molecule has 0 heterocycles. The number of nitrogens with zero attached hydrogens (tertiary/aromatic N) is 2. The van der Waals surface area contributed by atoms with E-state index in [9.17, 15) is 4.79 Å². The zero-order valence-corrected chi connectivity index (χ0v) is 13.2. The molecule has 114 valence electrons. The molecule has 1 rings (SSSR count). The minimum absolute atomic E-state index is 0.114. The van der Waals surface area contributed by atoms with Crippen LogP contribution in [0.2, 0.25) is 0 Å². The number of nitriles is 1. The Morgan fingerprint density at radius 2 is 1.90 bits per heavy atom. The molecule has 1 amide bonds. The highest BCUT2D eigenvalue weighted by atomic mass is 16.2. The lowest BCUT2D eigenvalue weighted by molar-refractivity contribution is -0.132. The van der Waals surface area contributed by atoms with Gasteiger partial charge in [0, 0.05) is 25.2 Å². The van der Waals surface area contributed by atoms with E-state index in [-0.39, 0.29) is 11.8 Å². The molecule has 0 aliphatic heterocycles. The van der Waals surface area contributed by atoms with Crippen molar-refractivity contribution in [2.45, 2.75) is 39.5 Å². The first-order valence-electron chi connectivity index (χ1n) is 7.44. The van der Waals surface area contributed by atoms with Gasteiger partial charge in [-0.1, -0.05) is 32.9 Å². The fourth-order valence-corrected chi connectivity index (χ4v) is 2.28. The summed E-state index contributed by atoms with van der Waals surface area (Å²) < 4.78 is 0. The summed E-state index contributed by atoms with van der Waals surface area (Å²) in [5, 5.41) is 8.72. The number of benzene rings is 1. The molecule has 0 bridgehead atoms. The van der Waals surface area contributed by atoms with Crippen LogP contribution in [0.25, 0.3) is 0 Å². The zero-order chi connectivity index (χ0) is 15.8. The highest BCUT2D eigenvalue weighted by Crippen LogP contribution is 2.21. The second-order valence-electron chi connectivity index (χ2n) is 5.91. The number of carbonyl (C=O) groups excluding carboxylic acids is 1. The second kappa shape index (κ2) is 8.31. The van der Waals surface area contributed by atoms with Gasteiger partial charge in [-0.2, -0.15) is 5.26 Å². The van der Waals surface area contributed by atoms with Gasteiger partial charge in [0.2, 0.25) is 5.91 Å². The quantitative estimate of drug-likeness (QED) is 0.783. The Hall–Kier alpha value is -2.02. The smallest absolute Gasteiger partial charge is 0.223 e. The molecule has 0 aliphatic carbocycles. The maximum atomic E-state index is 12.4. The number of amides is 1. The van der Waals surface area contributed by atoms with Gasteiger partial charge < -0.3 is 10.6 Å². The highest BCUT2D eigenvalue weighted by Gasteiger charge is 2.18. The third-order valence-electron chi connectivity index (χ3n) is 3.42. The molecule has 0 radical (unpaired) electrons. The van der Waals surface area contributed by atoms with Crippen LogP contribution in [0, 0.1) is 17.2 Å². The Morgan fingerprint density at radius 1 is 1.29 bits per heavy atom. The Bertz CT molecular complexity index is 488. The SMILES string of the molecule is CC(C)CN(CCC#N)C(=O)CC(C)c1ccc(N)cc1. The maximum Gasteiger partial charge on any atom is 0.223 e. The van der Waals surface area contributed by atoms with Crippen LogP contribution in [0.5, 0.6) is 0 Å². The largest absolute Gasteiger partial charge is 0.399 e. The molecule has 4 heteroatoms. The lowest BCUT2D eigenvalue weighted by Gasteiger charge is -2.25. The predicted octanol–water partition coefficient (Wildman–Crippen LogP) is 3.16. The number of hydrogen-bond donors (Lipinski definition) is 1. The van der Waals surface area contributed by atoms with E-state index in [2.05, 4.69) is 19.9 Å². The van der Waals surface area contributed by atoms with Crippen LogP contribution in [-0.2, 0) is 4.79 Å². The van der Waals surface area contributed by atoms with E-state index in [1.165, 1.54) is 0 Å². The summed E-state index contributed by atoms with van der Waals surface area (Å²) in [5.41, 5.74) is 7.52. The van der Waals surface area contributed by atoms with Gasteiger partial charge in [-0.15, -0.1) is 0 Å².